The Morgan fingerprint density at radius 2 is 1.75 bits per heavy atom. The van der Waals surface area contributed by atoms with Crippen LogP contribution in [-0.4, -0.2) is 67.7 Å². The van der Waals surface area contributed by atoms with Crippen LogP contribution in [0.5, 0.6) is 0 Å². The van der Waals surface area contributed by atoms with Gasteiger partial charge in [0.25, 0.3) is 11.8 Å². The summed E-state index contributed by atoms with van der Waals surface area (Å²) in [6.07, 6.45) is 1.49. The van der Waals surface area contributed by atoms with Crippen molar-refractivity contribution in [2.24, 2.45) is 0 Å². The number of unbranched alkanes of at least 4 members (excludes halogenated alkanes) is 1. The Hall–Kier alpha value is -3.49. The summed E-state index contributed by atoms with van der Waals surface area (Å²) in [5.41, 5.74) is 5.64. The van der Waals surface area contributed by atoms with Gasteiger partial charge in [-0.25, -0.2) is 13.2 Å². The van der Waals surface area contributed by atoms with Crippen molar-refractivity contribution in [2.45, 2.75) is 58.4 Å². The summed E-state index contributed by atoms with van der Waals surface area (Å²) in [5.74, 6) is -1.62. The Bertz CT molecular complexity index is 1360. The fourth-order valence-electron chi connectivity index (χ4n) is 4.19. The predicted molar refractivity (Wildman–Crippen MR) is 150 cm³/mol. The molecule has 3 rings (SSSR count). The van der Waals surface area contributed by atoms with Crippen LogP contribution in [0.2, 0.25) is 0 Å². The van der Waals surface area contributed by atoms with E-state index >= 15 is 0 Å². The average molecular weight is 594 g/mol. The molecule has 2 aromatic rings. The number of carbonyl (C=O) groups is 4. The van der Waals surface area contributed by atoms with Gasteiger partial charge in [-0.15, -0.1) is 11.3 Å². The van der Waals surface area contributed by atoms with Gasteiger partial charge in [-0.3, -0.25) is 25.2 Å². The van der Waals surface area contributed by atoms with Crippen LogP contribution >= 0.6 is 11.3 Å². The van der Waals surface area contributed by atoms with Gasteiger partial charge in [-0.1, -0.05) is 20.3 Å². The quantitative estimate of drug-likeness (QED) is 0.358. The van der Waals surface area contributed by atoms with Crippen molar-refractivity contribution in [1.29, 1.82) is 0 Å². The molecule has 0 radical (unpaired) electrons. The summed E-state index contributed by atoms with van der Waals surface area (Å²) in [6.45, 7) is 8.23. The Morgan fingerprint density at radius 3 is 2.35 bits per heavy atom. The van der Waals surface area contributed by atoms with Gasteiger partial charge in [-0.05, 0) is 49.6 Å². The van der Waals surface area contributed by atoms with Gasteiger partial charge >= 0.3 is 6.09 Å². The number of thiophene rings is 1. The molecule has 1 aromatic heterocycles. The zero-order valence-electron chi connectivity index (χ0n) is 23.0. The maximum Gasteiger partial charge on any atom is 0.410 e. The third-order valence-electron chi connectivity index (χ3n) is 6.26. The lowest BCUT2D eigenvalue weighted by atomic mass is 10.0. The summed E-state index contributed by atoms with van der Waals surface area (Å²) < 4.78 is 32.5. The summed E-state index contributed by atoms with van der Waals surface area (Å²) in [7, 11) is -3.70. The van der Waals surface area contributed by atoms with Gasteiger partial charge in [0.05, 0.1) is 23.6 Å². The number of hydrazine groups is 1. The molecular formula is C26H35N5O7S2. The first-order chi connectivity index (χ1) is 19.0. The van der Waals surface area contributed by atoms with E-state index in [2.05, 4.69) is 16.2 Å². The number of carbonyl (C=O) groups excluding carboxylic acids is 4. The lowest BCUT2D eigenvalue weighted by Gasteiger charge is -2.26. The second-order valence-corrected chi connectivity index (χ2v) is 12.1. The molecule has 0 atom stereocenters. The van der Waals surface area contributed by atoms with E-state index < -0.39 is 33.8 Å². The van der Waals surface area contributed by atoms with E-state index in [0.29, 0.717) is 36.5 Å². The topological polar surface area (TPSA) is 154 Å². The van der Waals surface area contributed by atoms with Gasteiger partial charge in [0, 0.05) is 37.0 Å². The zero-order chi connectivity index (χ0) is 29.4. The molecule has 12 nitrogen and oxygen atoms in total. The number of nitrogens with one attached hydrogen (secondary N) is 3. The van der Waals surface area contributed by atoms with Crippen LogP contribution in [0.1, 0.15) is 71.7 Å². The molecule has 0 bridgehead atoms. The molecule has 4 amide bonds. The van der Waals surface area contributed by atoms with Gasteiger partial charge in [0.2, 0.25) is 15.9 Å². The zero-order valence-corrected chi connectivity index (χ0v) is 24.7. The Balaban J connectivity index is 1.86. The standard InChI is InChI=1S/C26H35N5O7S2/c1-5-8-14-31(6-2)40(36,37)19-11-9-18(10-12-19)23(33)27-25-22(24(34)29-28-17(4)32)20-13-15-30(16-21(20)39-25)26(35)38-7-3/h9-12H,5-8,13-16H2,1-4H3,(H,27,33)(H,28,32)(H,29,34). The molecule has 0 spiro atoms. The van der Waals surface area contributed by atoms with Crippen molar-refractivity contribution in [3.63, 3.8) is 0 Å². The number of hydrogen-bond donors (Lipinski definition) is 3. The highest BCUT2D eigenvalue weighted by Gasteiger charge is 2.31. The van der Waals surface area contributed by atoms with Crippen LogP contribution in [0.15, 0.2) is 29.2 Å². The van der Waals surface area contributed by atoms with E-state index in [-0.39, 0.29) is 34.2 Å². The smallest absolute Gasteiger partial charge is 0.410 e. The highest BCUT2D eigenvalue weighted by atomic mass is 32.2. The molecule has 0 unspecified atom stereocenters. The largest absolute Gasteiger partial charge is 0.450 e. The first-order valence-electron chi connectivity index (χ1n) is 13.1. The summed E-state index contributed by atoms with van der Waals surface area (Å²) in [5, 5.41) is 3.00. The number of hydrogen-bond acceptors (Lipinski definition) is 8. The average Bonchev–Trinajstić information content (AvgIpc) is 3.29. The van der Waals surface area contributed by atoms with E-state index in [0.717, 1.165) is 24.2 Å². The van der Waals surface area contributed by atoms with Gasteiger partial charge in [-0.2, -0.15) is 4.31 Å². The molecule has 0 fully saturated rings. The molecular weight excluding hydrogens is 558 g/mol. The second kappa shape index (κ2) is 13.7. The number of ether oxygens (including phenoxy) is 1. The SMILES string of the molecule is CCCCN(CC)S(=O)(=O)c1ccc(C(=O)Nc2sc3c(c2C(=O)NNC(C)=O)CCN(C(=O)OCC)C3)cc1. The maximum atomic E-state index is 13.2. The van der Waals surface area contributed by atoms with E-state index in [1.165, 1.54) is 40.4 Å². The van der Waals surface area contributed by atoms with Crippen LogP contribution in [0.3, 0.4) is 0 Å². The molecule has 0 saturated heterocycles. The Labute approximate surface area is 238 Å². The number of sulfonamides is 1. The van der Waals surface area contributed by atoms with Crippen molar-refractivity contribution in [3.05, 3.63) is 45.8 Å². The van der Waals surface area contributed by atoms with Gasteiger partial charge < -0.3 is 15.0 Å². The van der Waals surface area contributed by atoms with Crippen LogP contribution in [-0.2, 0) is 32.5 Å². The van der Waals surface area contributed by atoms with E-state index in [9.17, 15) is 27.6 Å². The molecule has 0 saturated carbocycles. The highest BCUT2D eigenvalue weighted by Crippen LogP contribution is 2.37. The molecule has 0 aliphatic carbocycles. The van der Waals surface area contributed by atoms with Crippen LogP contribution in [0.4, 0.5) is 9.80 Å². The van der Waals surface area contributed by atoms with Crippen LogP contribution in [0.25, 0.3) is 0 Å². The molecule has 40 heavy (non-hydrogen) atoms. The van der Waals surface area contributed by atoms with Gasteiger partial charge in [0.15, 0.2) is 0 Å². The molecule has 218 valence electrons. The molecule has 3 N–H and O–H groups in total. The fourth-order valence-corrected chi connectivity index (χ4v) is 6.94. The number of fused-ring (bicyclic) bond motifs is 1. The van der Waals surface area contributed by atoms with Crippen molar-refractivity contribution in [3.8, 4) is 0 Å². The van der Waals surface area contributed by atoms with Crippen molar-refractivity contribution in [2.75, 3.05) is 31.6 Å². The number of amides is 4. The second-order valence-electron chi connectivity index (χ2n) is 9.04. The van der Waals surface area contributed by atoms with Crippen LogP contribution in [0, 0.1) is 0 Å². The van der Waals surface area contributed by atoms with E-state index in [4.69, 9.17) is 4.74 Å². The molecule has 14 heteroatoms. The van der Waals surface area contributed by atoms with Gasteiger partial charge in [0.1, 0.15) is 5.00 Å². The lowest BCUT2D eigenvalue weighted by molar-refractivity contribution is -0.119. The molecule has 1 aromatic carbocycles. The molecule has 1 aliphatic heterocycles. The van der Waals surface area contributed by atoms with E-state index in [1.54, 1.807) is 13.8 Å². The number of anilines is 1. The van der Waals surface area contributed by atoms with Crippen LogP contribution < -0.4 is 16.2 Å². The number of rotatable bonds is 10. The summed E-state index contributed by atoms with van der Waals surface area (Å²) >= 11 is 1.15. The minimum atomic E-state index is -3.70. The third-order valence-corrected chi connectivity index (χ3v) is 9.38. The number of benzene rings is 1. The predicted octanol–water partition coefficient (Wildman–Crippen LogP) is 3.11. The van der Waals surface area contributed by atoms with E-state index in [1.807, 2.05) is 6.92 Å². The highest BCUT2D eigenvalue weighted by molar-refractivity contribution is 7.89. The first kappa shape index (κ1) is 31.0. The maximum absolute atomic E-state index is 13.2. The lowest BCUT2D eigenvalue weighted by Crippen LogP contribution is -2.41. The number of nitrogens with zero attached hydrogens (tertiary/aromatic N) is 2. The summed E-state index contributed by atoms with van der Waals surface area (Å²) in [4.78, 5) is 52.1. The monoisotopic (exact) mass is 593 g/mol. The fraction of sp³-hybridized carbons (Fsp3) is 0.462. The van der Waals surface area contributed by atoms with Crippen molar-refractivity contribution in [1.82, 2.24) is 20.1 Å². The Morgan fingerprint density at radius 1 is 1.05 bits per heavy atom. The molecule has 1 aliphatic rings. The minimum absolute atomic E-state index is 0.0861. The molecule has 2 heterocycles. The normalized spacial score (nSPS) is 13.0. The minimum Gasteiger partial charge on any atom is -0.450 e. The first-order valence-corrected chi connectivity index (χ1v) is 15.3. The Kier molecular flexibility index (Phi) is 10.7. The summed E-state index contributed by atoms with van der Waals surface area (Å²) in [6, 6.07) is 5.62. The third kappa shape index (κ3) is 7.17. The van der Waals surface area contributed by atoms with Crippen molar-refractivity contribution >= 4 is 50.2 Å². The van der Waals surface area contributed by atoms with Crippen molar-refractivity contribution < 1.29 is 32.3 Å².